The van der Waals surface area contributed by atoms with Crippen molar-refractivity contribution in [3.05, 3.63) is 71.5 Å². The van der Waals surface area contributed by atoms with Crippen molar-refractivity contribution in [2.75, 3.05) is 27.2 Å². The summed E-state index contributed by atoms with van der Waals surface area (Å²) in [4.78, 5) is 6.33. The summed E-state index contributed by atoms with van der Waals surface area (Å²) in [5.74, 6) is 0.618. The average molecular weight is 357 g/mol. The second-order valence-corrected chi connectivity index (χ2v) is 6.20. The van der Waals surface area contributed by atoms with Gasteiger partial charge in [0.25, 0.3) is 0 Å². The standard InChI is InChI=1S/C21H28FN3O/c1-23-21(25(2)16-18-10-12-20(22)13-11-18)24-14-6-7-15-26-17-19-8-4-3-5-9-19/h3-5,8-13H,6-7,14-17H2,1-2H3,(H,23,24). The van der Waals surface area contributed by atoms with Crippen LogP contribution >= 0.6 is 0 Å². The Labute approximate surface area is 155 Å². The molecule has 1 N–H and O–H groups in total. The Morgan fingerprint density at radius 1 is 1.04 bits per heavy atom. The number of hydrogen-bond donors (Lipinski definition) is 1. The van der Waals surface area contributed by atoms with Crippen molar-refractivity contribution in [3.63, 3.8) is 0 Å². The molecule has 0 bridgehead atoms. The maximum absolute atomic E-state index is 13.0. The highest BCUT2D eigenvalue weighted by Crippen LogP contribution is 2.06. The van der Waals surface area contributed by atoms with Gasteiger partial charge < -0.3 is 15.0 Å². The molecule has 26 heavy (non-hydrogen) atoms. The summed E-state index contributed by atoms with van der Waals surface area (Å²) in [6, 6.07) is 16.8. The summed E-state index contributed by atoms with van der Waals surface area (Å²) in [6.45, 7) is 2.94. The molecule has 0 unspecified atom stereocenters. The van der Waals surface area contributed by atoms with Gasteiger partial charge in [0.15, 0.2) is 5.96 Å². The first-order valence-electron chi connectivity index (χ1n) is 8.97. The normalized spacial score (nSPS) is 11.4. The minimum Gasteiger partial charge on any atom is -0.377 e. The van der Waals surface area contributed by atoms with Crippen LogP contribution in [0.15, 0.2) is 59.6 Å². The number of guanidine groups is 1. The quantitative estimate of drug-likeness (QED) is 0.421. The van der Waals surface area contributed by atoms with Gasteiger partial charge in [-0.25, -0.2) is 4.39 Å². The Kier molecular flexibility index (Phi) is 8.63. The molecule has 0 saturated heterocycles. The van der Waals surface area contributed by atoms with E-state index in [2.05, 4.69) is 22.4 Å². The first kappa shape index (κ1) is 19.9. The monoisotopic (exact) mass is 357 g/mol. The topological polar surface area (TPSA) is 36.9 Å². The second kappa shape index (κ2) is 11.3. The summed E-state index contributed by atoms with van der Waals surface area (Å²) in [5, 5.41) is 3.36. The molecule has 5 heteroatoms. The van der Waals surface area contributed by atoms with Crippen molar-refractivity contribution in [3.8, 4) is 0 Å². The van der Waals surface area contributed by atoms with E-state index in [0.29, 0.717) is 13.2 Å². The van der Waals surface area contributed by atoms with E-state index < -0.39 is 0 Å². The Bertz CT molecular complexity index is 659. The molecule has 0 amide bonds. The molecule has 0 heterocycles. The molecule has 0 aliphatic carbocycles. The van der Waals surface area contributed by atoms with Crippen molar-refractivity contribution >= 4 is 5.96 Å². The highest BCUT2D eigenvalue weighted by molar-refractivity contribution is 5.79. The number of rotatable bonds is 9. The van der Waals surface area contributed by atoms with Gasteiger partial charge in [-0.15, -0.1) is 0 Å². The number of unbranched alkanes of at least 4 members (excludes halogenated alkanes) is 1. The SMILES string of the molecule is CN=C(NCCCCOCc1ccccc1)N(C)Cc1ccc(F)cc1. The maximum Gasteiger partial charge on any atom is 0.193 e. The molecule has 4 nitrogen and oxygen atoms in total. The fraction of sp³-hybridized carbons (Fsp3) is 0.381. The van der Waals surface area contributed by atoms with Gasteiger partial charge in [0.05, 0.1) is 6.61 Å². The predicted molar refractivity (Wildman–Crippen MR) is 105 cm³/mol. The number of aliphatic imine (C=N–C) groups is 1. The molecule has 140 valence electrons. The minimum atomic E-state index is -0.214. The number of ether oxygens (including phenoxy) is 1. The van der Waals surface area contributed by atoms with Crippen LogP contribution in [0.1, 0.15) is 24.0 Å². The van der Waals surface area contributed by atoms with Crippen LogP contribution in [0, 0.1) is 5.82 Å². The van der Waals surface area contributed by atoms with E-state index in [1.165, 1.54) is 17.7 Å². The smallest absolute Gasteiger partial charge is 0.193 e. The molecule has 2 rings (SSSR count). The first-order chi connectivity index (χ1) is 12.7. The van der Waals surface area contributed by atoms with Gasteiger partial charge in [-0.05, 0) is 36.1 Å². The van der Waals surface area contributed by atoms with Gasteiger partial charge in [-0.2, -0.15) is 0 Å². The molecular formula is C21H28FN3O. The molecule has 0 aromatic heterocycles. The number of nitrogens with zero attached hydrogens (tertiary/aromatic N) is 2. The van der Waals surface area contributed by atoms with Gasteiger partial charge >= 0.3 is 0 Å². The predicted octanol–water partition coefficient (Wildman–Crippen LogP) is 3.83. The lowest BCUT2D eigenvalue weighted by molar-refractivity contribution is 0.117. The Balaban J connectivity index is 1.60. The van der Waals surface area contributed by atoms with Crippen molar-refractivity contribution in [1.82, 2.24) is 10.2 Å². The van der Waals surface area contributed by atoms with Crippen molar-refractivity contribution in [2.45, 2.75) is 26.0 Å². The Morgan fingerprint density at radius 3 is 2.46 bits per heavy atom. The molecule has 0 atom stereocenters. The summed E-state index contributed by atoms with van der Waals surface area (Å²) < 4.78 is 18.7. The second-order valence-electron chi connectivity index (χ2n) is 6.20. The highest BCUT2D eigenvalue weighted by Gasteiger charge is 2.06. The molecule has 0 aliphatic heterocycles. The first-order valence-corrected chi connectivity index (χ1v) is 8.97. The van der Waals surface area contributed by atoms with Crippen LogP contribution in [0.2, 0.25) is 0 Å². The molecule has 0 saturated carbocycles. The van der Waals surface area contributed by atoms with Crippen LogP contribution in [0.5, 0.6) is 0 Å². The third kappa shape index (κ3) is 7.23. The summed E-state index contributed by atoms with van der Waals surface area (Å²) >= 11 is 0. The van der Waals surface area contributed by atoms with Crippen LogP contribution in [0.3, 0.4) is 0 Å². The fourth-order valence-electron chi connectivity index (χ4n) is 2.62. The zero-order valence-corrected chi connectivity index (χ0v) is 15.6. The summed E-state index contributed by atoms with van der Waals surface area (Å²) in [6.07, 6.45) is 2.01. The van der Waals surface area contributed by atoms with Crippen LogP contribution in [-0.2, 0) is 17.9 Å². The van der Waals surface area contributed by atoms with Gasteiger partial charge in [-0.3, -0.25) is 4.99 Å². The van der Waals surface area contributed by atoms with Gasteiger partial charge in [0, 0.05) is 33.8 Å². The largest absolute Gasteiger partial charge is 0.377 e. The van der Waals surface area contributed by atoms with E-state index in [9.17, 15) is 4.39 Å². The maximum atomic E-state index is 13.0. The molecular weight excluding hydrogens is 329 g/mol. The van der Waals surface area contributed by atoms with E-state index in [4.69, 9.17) is 4.74 Å². The zero-order chi connectivity index (χ0) is 18.6. The number of nitrogens with one attached hydrogen (secondary N) is 1. The van der Waals surface area contributed by atoms with Crippen LogP contribution < -0.4 is 5.32 Å². The van der Waals surface area contributed by atoms with E-state index >= 15 is 0 Å². The fourth-order valence-corrected chi connectivity index (χ4v) is 2.62. The third-order valence-electron chi connectivity index (χ3n) is 4.02. The van der Waals surface area contributed by atoms with E-state index in [1.807, 2.05) is 30.1 Å². The lowest BCUT2D eigenvalue weighted by Gasteiger charge is -2.22. The number of hydrogen-bond acceptors (Lipinski definition) is 2. The molecule has 0 fully saturated rings. The van der Waals surface area contributed by atoms with Gasteiger partial charge in [0.2, 0.25) is 0 Å². The lowest BCUT2D eigenvalue weighted by Crippen LogP contribution is -2.38. The molecule has 0 aliphatic rings. The third-order valence-corrected chi connectivity index (χ3v) is 4.02. The summed E-state index contributed by atoms with van der Waals surface area (Å²) in [7, 11) is 3.74. The Morgan fingerprint density at radius 2 is 1.77 bits per heavy atom. The lowest BCUT2D eigenvalue weighted by atomic mass is 10.2. The van der Waals surface area contributed by atoms with E-state index in [1.54, 1.807) is 19.2 Å². The summed E-state index contributed by atoms with van der Waals surface area (Å²) in [5.41, 5.74) is 2.25. The van der Waals surface area contributed by atoms with Crippen LogP contribution in [-0.4, -0.2) is 38.1 Å². The van der Waals surface area contributed by atoms with Gasteiger partial charge in [-0.1, -0.05) is 42.5 Å². The van der Waals surface area contributed by atoms with E-state index in [0.717, 1.165) is 37.5 Å². The highest BCUT2D eigenvalue weighted by atomic mass is 19.1. The molecule has 0 spiro atoms. The molecule has 2 aromatic rings. The molecule has 2 aromatic carbocycles. The van der Waals surface area contributed by atoms with Crippen LogP contribution in [0.4, 0.5) is 4.39 Å². The van der Waals surface area contributed by atoms with Crippen LogP contribution in [0.25, 0.3) is 0 Å². The van der Waals surface area contributed by atoms with E-state index in [-0.39, 0.29) is 5.82 Å². The number of halogens is 1. The molecule has 0 radical (unpaired) electrons. The average Bonchev–Trinajstić information content (AvgIpc) is 2.66. The number of benzene rings is 2. The van der Waals surface area contributed by atoms with Crippen molar-refractivity contribution < 1.29 is 9.13 Å². The van der Waals surface area contributed by atoms with Crippen molar-refractivity contribution in [1.29, 1.82) is 0 Å². The minimum absolute atomic E-state index is 0.214. The Hall–Kier alpha value is -2.40. The van der Waals surface area contributed by atoms with Crippen molar-refractivity contribution in [2.24, 2.45) is 4.99 Å². The van der Waals surface area contributed by atoms with Gasteiger partial charge in [0.1, 0.15) is 5.82 Å². The zero-order valence-electron chi connectivity index (χ0n) is 15.6.